The van der Waals surface area contributed by atoms with Crippen LogP contribution in [0.2, 0.25) is 0 Å². The number of rotatable bonds is 3. The molecule has 20 heavy (non-hydrogen) atoms. The van der Waals surface area contributed by atoms with Gasteiger partial charge in [0.2, 0.25) is 0 Å². The molecular weight excluding hydrogens is 250 g/mol. The monoisotopic (exact) mass is 277 g/mol. The normalized spacial score (nSPS) is 17.4. The van der Waals surface area contributed by atoms with Crippen LogP contribution in [-0.2, 0) is 5.41 Å². The molecule has 1 fully saturated rings. The van der Waals surface area contributed by atoms with Crippen molar-refractivity contribution >= 4 is 11.6 Å². The number of likely N-dealkylation sites (N-methyl/N-ethyl adjacent to an activating group) is 1. The van der Waals surface area contributed by atoms with E-state index < -0.39 is 0 Å². The highest BCUT2D eigenvalue weighted by molar-refractivity contribution is 5.50. The molecule has 0 unspecified atom stereocenters. The third kappa shape index (κ3) is 3.60. The molecular formula is C15H27N5. The fraction of sp³-hybridized carbons (Fsp3) is 0.733. The predicted molar refractivity (Wildman–Crippen MR) is 84.6 cm³/mol. The van der Waals surface area contributed by atoms with Gasteiger partial charge in [-0.2, -0.15) is 0 Å². The molecule has 1 aromatic heterocycles. The number of anilines is 2. The minimum absolute atomic E-state index is 0.0350. The highest BCUT2D eigenvalue weighted by Gasteiger charge is 2.22. The van der Waals surface area contributed by atoms with Crippen LogP contribution in [0.3, 0.4) is 0 Å². The molecule has 112 valence electrons. The second kappa shape index (κ2) is 5.95. The summed E-state index contributed by atoms with van der Waals surface area (Å²) in [5.41, 5.74) is -0.0350. The number of hydrogen-bond donors (Lipinski definition) is 1. The number of nitrogens with zero attached hydrogens (tertiary/aromatic N) is 4. The smallest absolute Gasteiger partial charge is 0.138 e. The van der Waals surface area contributed by atoms with Gasteiger partial charge in [0.25, 0.3) is 0 Å². The molecule has 0 spiro atoms. The Balaban J connectivity index is 2.29. The van der Waals surface area contributed by atoms with Gasteiger partial charge in [-0.15, -0.1) is 0 Å². The minimum atomic E-state index is -0.0350. The van der Waals surface area contributed by atoms with Crippen molar-refractivity contribution < 1.29 is 0 Å². The lowest BCUT2D eigenvalue weighted by Crippen LogP contribution is -2.45. The van der Waals surface area contributed by atoms with Crippen molar-refractivity contribution in [1.82, 2.24) is 14.9 Å². The van der Waals surface area contributed by atoms with Crippen molar-refractivity contribution in [1.29, 1.82) is 0 Å². The molecule has 1 aliphatic rings. The third-order valence-corrected chi connectivity index (χ3v) is 3.57. The predicted octanol–water partition coefficient (Wildman–Crippen LogP) is 1.96. The number of nitrogens with one attached hydrogen (secondary N) is 1. The van der Waals surface area contributed by atoms with Crippen LogP contribution in [0.15, 0.2) is 6.07 Å². The molecule has 0 aromatic carbocycles. The van der Waals surface area contributed by atoms with Crippen molar-refractivity contribution in [3.63, 3.8) is 0 Å². The van der Waals surface area contributed by atoms with Crippen molar-refractivity contribution in [3.8, 4) is 0 Å². The Labute approximate surface area is 122 Å². The molecule has 0 amide bonds. The Bertz CT molecular complexity index is 444. The Kier molecular flexibility index (Phi) is 4.48. The van der Waals surface area contributed by atoms with E-state index in [4.69, 9.17) is 4.98 Å². The Morgan fingerprint density at radius 3 is 2.35 bits per heavy atom. The third-order valence-electron chi connectivity index (χ3n) is 3.57. The molecule has 5 nitrogen and oxygen atoms in total. The van der Waals surface area contributed by atoms with Crippen LogP contribution in [0.5, 0.6) is 0 Å². The van der Waals surface area contributed by atoms with Gasteiger partial charge in [0.1, 0.15) is 17.5 Å². The van der Waals surface area contributed by atoms with Crippen LogP contribution in [-0.4, -0.2) is 54.6 Å². The zero-order valence-corrected chi connectivity index (χ0v) is 13.4. The van der Waals surface area contributed by atoms with Gasteiger partial charge in [-0.25, -0.2) is 9.97 Å². The second-order valence-corrected chi connectivity index (χ2v) is 6.51. The zero-order chi connectivity index (χ0) is 14.8. The van der Waals surface area contributed by atoms with E-state index in [2.05, 4.69) is 60.9 Å². The summed E-state index contributed by atoms with van der Waals surface area (Å²) in [5, 5.41) is 3.32. The number of aromatic nitrogens is 2. The first kappa shape index (κ1) is 15.0. The quantitative estimate of drug-likeness (QED) is 0.915. The van der Waals surface area contributed by atoms with Crippen molar-refractivity contribution in [3.05, 3.63) is 11.9 Å². The average Bonchev–Trinajstić information content (AvgIpc) is 2.38. The van der Waals surface area contributed by atoms with Crippen LogP contribution in [0.25, 0.3) is 0 Å². The molecule has 5 heteroatoms. The standard InChI is InChI=1S/C15H27N5/c1-6-16-12-11-13(18-14(17-12)15(2,3)4)20-9-7-19(5)8-10-20/h11H,6-10H2,1-5H3,(H,16,17,18). The van der Waals surface area contributed by atoms with E-state index in [-0.39, 0.29) is 5.41 Å². The SMILES string of the molecule is CCNc1cc(N2CCN(C)CC2)nc(C(C)(C)C)n1. The van der Waals surface area contributed by atoms with Gasteiger partial charge in [-0.3, -0.25) is 0 Å². The minimum Gasteiger partial charge on any atom is -0.370 e. The maximum atomic E-state index is 4.79. The summed E-state index contributed by atoms with van der Waals surface area (Å²) in [7, 11) is 2.17. The lowest BCUT2D eigenvalue weighted by atomic mass is 9.96. The lowest BCUT2D eigenvalue weighted by molar-refractivity contribution is 0.312. The summed E-state index contributed by atoms with van der Waals surface area (Å²) in [5.74, 6) is 2.89. The molecule has 2 rings (SSSR count). The molecule has 0 bridgehead atoms. The molecule has 0 atom stereocenters. The molecule has 0 radical (unpaired) electrons. The molecule has 1 N–H and O–H groups in total. The summed E-state index contributed by atoms with van der Waals surface area (Å²) in [4.78, 5) is 14.2. The van der Waals surface area contributed by atoms with Crippen molar-refractivity contribution in [2.75, 3.05) is 50.0 Å². The van der Waals surface area contributed by atoms with E-state index in [9.17, 15) is 0 Å². The lowest BCUT2D eigenvalue weighted by Gasteiger charge is -2.34. The van der Waals surface area contributed by atoms with Gasteiger partial charge in [-0.05, 0) is 14.0 Å². The fourth-order valence-electron chi connectivity index (χ4n) is 2.24. The first-order chi connectivity index (χ1) is 9.40. The maximum Gasteiger partial charge on any atom is 0.138 e. The van der Waals surface area contributed by atoms with Gasteiger partial charge in [-0.1, -0.05) is 20.8 Å². The van der Waals surface area contributed by atoms with Gasteiger partial charge < -0.3 is 15.1 Å². The molecule has 0 aliphatic carbocycles. The van der Waals surface area contributed by atoms with E-state index in [0.29, 0.717) is 0 Å². The highest BCUT2D eigenvalue weighted by Crippen LogP contribution is 2.24. The largest absolute Gasteiger partial charge is 0.370 e. The van der Waals surface area contributed by atoms with E-state index >= 15 is 0 Å². The van der Waals surface area contributed by atoms with Crippen molar-refractivity contribution in [2.24, 2.45) is 0 Å². The van der Waals surface area contributed by atoms with Crippen LogP contribution >= 0.6 is 0 Å². The van der Waals surface area contributed by atoms with Crippen LogP contribution in [0, 0.1) is 0 Å². The number of piperazine rings is 1. The van der Waals surface area contributed by atoms with E-state index in [1.54, 1.807) is 0 Å². The van der Waals surface area contributed by atoms with Gasteiger partial charge >= 0.3 is 0 Å². The van der Waals surface area contributed by atoms with Gasteiger partial charge in [0, 0.05) is 44.2 Å². The van der Waals surface area contributed by atoms with Gasteiger partial charge in [0.05, 0.1) is 0 Å². The van der Waals surface area contributed by atoms with Crippen LogP contribution in [0.4, 0.5) is 11.6 Å². The van der Waals surface area contributed by atoms with E-state index in [1.807, 2.05) is 0 Å². The maximum absolute atomic E-state index is 4.79. The summed E-state index contributed by atoms with van der Waals surface area (Å²) in [6.45, 7) is 13.7. The molecule has 2 heterocycles. The summed E-state index contributed by atoms with van der Waals surface area (Å²) < 4.78 is 0. The topological polar surface area (TPSA) is 44.3 Å². The molecule has 1 saturated heterocycles. The Hall–Kier alpha value is -1.36. The summed E-state index contributed by atoms with van der Waals surface area (Å²) in [6, 6.07) is 2.07. The molecule has 1 aromatic rings. The second-order valence-electron chi connectivity index (χ2n) is 6.51. The summed E-state index contributed by atoms with van der Waals surface area (Å²) in [6.07, 6.45) is 0. The summed E-state index contributed by atoms with van der Waals surface area (Å²) >= 11 is 0. The molecule has 1 aliphatic heterocycles. The number of hydrogen-bond acceptors (Lipinski definition) is 5. The molecule has 0 saturated carbocycles. The van der Waals surface area contributed by atoms with Crippen molar-refractivity contribution in [2.45, 2.75) is 33.1 Å². The van der Waals surface area contributed by atoms with Crippen LogP contribution < -0.4 is 10.2 Å². The van der Waals surface area contributed by atoms with Crippen LogP contribution in [0.1, 0.15) is 33.5 Å². The van der Waals surface area contributed by atoms with E-state index in [0.717, 1.165) is 50.2 Å². The first-order valence-corrected chi connectivity index (χ1v) is 7.47. The Morgan fingerprint density at radius 1 is 1.15 bits per heavy atom. The Morgan fingerprint density at radius 2 is 1.80 bits per heavy atom. The van der Waals surface area contributed by atoms with E-state index in [1.165, 1.54) is 0 Å². The first-order valence-electron chi connectivity index (χ1n) is 7.47. The van der Waals surface area contributed by atoms with Gasteiger partial charge in [0.15, 0.2) is 0 Å². The fourth-order valence-corrected chi connectivity index (χ4v) is 2.24. The highest BCUT2D eigenvalue weighted by atomic mass is 15.3. The zero-order valence-electron chi connectivity index (χ0n) is 13.4. The average molecular weight is 277 g/mol.